The molecule has 0 aliphatic rings. The normalized spacial score (nSPS) is 10.4. The molecule has 0 atom stereocenters. The van der Waals surface area contributed by atoms with Crippen molar-refractivity contribution in [3.63, 3.8) is 0 Å². The van der Waals surface area contributed by atoms with Crippen LogP contribution in [0.2, 0.25) is 0 Å². The Labute approximate surface area is 111 Å². The van der Waals surface area contributed by atoms with Gasteiger partial charge < -0.3 is 10.2 Å². The first-order valence-corrected chi connectivity index (χ1v) is 6.75. The summed E-state index contributed by atoms with van der Waals surface area (Å²) in [4.78, 5) is 7.01. The maximum atomic E-state index is 4.72. The summed E-state index contributed by atoms with van der Waals surface area (Å²) >= 11 is 0. The topological polar surface area (TPSA) is 28.2 Å². The summed E-state index contributed by atoms with van der Waals surface area (Å²) in [6.07, 6.45) is 4.03. The maximum Gasteiger partial charge on any atom is 0.129 e. The van der Waals surface area contributed by atoms with Crippen molar-refractivity contribution in [3.8, 4) is 0 Å². The van der Waals surface area contributed by atoms with Gasteiger partial charge >= 0.3 is 0 Å². The molecular weight excluding hydrogens is 222 g/mol. The SMILES string of the molecule is C=CCN(CCC)c1cc(CNC)cc(CC)n1. The third kappa shape index (κ3) is 4.15. The van der Waals surface area contributed by atoms with Crippen LogP contribution in [0.3, 0.4) is 0 Å². The Morgan fingerprint density at radius 2 is 2.17 bits per heavy atom. The number of anilines is 1. The zero-order valence-electron chi connectivity index (χ0n) is 11.9. The summed E-state index contributed by atoms with van der Waals surface area (Å²) in [6.45, 7) is 10.9. The number of pyridine rings is 1. The number of nitrogens with one attached hydrogen (secondary N) is 1. The molecule has 0 unspecified atom stereocenters. The molecule has 1 rings (SSSR count). The lowest BCUT2D eigenvalue weighted by Gasteiger charge is -2.23. The molecule has 0 saturated heterocycles. The molecule has 100 valence electrons. The van der Waals surface area contributed by atoms with Crippen LogP contribution in [0.4, 0.5) is 5.82 Å². The predicted octanol–water partition coefficient (Wildman–Crippen LogP) is 2.77. The van der Waals surface area contributed by atoms with Gasteiger partial charge in [-0.3, -0.25) is 0 Å². The summed E-state index contributed by atoms with van der Waals surface area (Å²) in [5.41, 5.74) is 2.45. The fourth-order valence-corrected chi connectivity index (χ4v) is 2.01. The summed E-state index contributed by atoms with van der Waals surface area (Å²) in [6, 6.07) is 4.35. The number of hydrogen-bond donors (Lipinski definition) is 1. The third-order valence-electron chi connectivity index (χ3n) is 2.83. The first kappa shape index (κ1) is 14.7. The van der Waals surface area contributed by atoms with E-state index in [0.29, 0.717) is 0 Å². The molecule has 0 bridgehead atoms. The minimum absolute atomic E-state index is 0.854. The molecule has 3 heteroatoms. The zero-order chi connectivity index (χ0) is 13.4. The number of nitrogens with zero attached hydrogens (tertiary/aromatic N) is 2. The van der Waals surface area contributed by atoms with E-state index >= 15 is 0 Å². The minimum atomic E-state index is 0.854. The molecule has 18 heavy (non-hydrogen) atoms. The van der Waals surface area contributed by atoms with Gasteiger partial charge in [0.2, 0.25) is 0 Å². The van der Waals surface area contributed by atoms with E-state index in [1.54, 1.807) is 0 Å². The molecule has 1 N–H and O–H groups in total. The van der Waals surface area contributed by atoms with Crippen molar-refractivity contribution in [2.75, 3.05) is 25.0 Å². The van der Waals surface area contributed by atoms with E-state index in [-0.39, 0.29) is 0 Å². The summed E-state index contributed by atoms with van der Waals surface area (Å²) in [5, 5.41) is 3.20. The molecule has 0 fully saturated rings. The van der Waals surface area contributed by atoms with Crippen molar-refractivity contribution in [2.24, 2.45) is 0 Å². The van der Waals surface area contributed by atoms with Crippen molar-refractivity contribution < 1.29 is 0 Å². The average molecular weight is 247 g/mol. The molecule has 1 aromatic rings. The van der Waals surface area contributed by atoms with E-state index in [2.05, 4.69) is 42.8 Å². The first-order valence-electron chi connectivity index (χ1n) is 6.75. The van der Waals surface area contributed by atoms with E-state index in [1.807, 2.05) is 13.1 Å². The van der Waals surface area contributed by atoms with E-state index < -0.39 is 0 Å². The Bertz CT molecular complexity index is 374. The van der Waals surface area contributed by atoms with Gasteiger partial charge in [-0.05, 0) is 37.6 Å². The lowest BCUT2D eigenvalue weighted by Crippen LogP contribution is -2.25. The van der Waals surface area contributed by atoms with E-state index in [0.717, 1.165) is 44.0 Å². The highest BCUT2D eigenvalue weighted by atomic mass is 15.2. The minimum Gasteiger partial charge on any atom is -0.353 e. The van der Waals surface area contributed by atoms with Gasteiger partial charge in [0.05, 0.1) is 0 Å². The van der Waals surface area contributed by atoms with Crippen LogP contribution in [0, 0.1) is 0 Å². The predicted molar refractivity (Wildman–Crippen MR) is 79.1 cm³/mol. The zero-order valence-corrected chi connectivity index (χ0v) is 11.9. The second-order valence-electron chi connectivity index (χ2n) is 4.44. The Balaban J connectivity index is 3.02. The molecule has 0 amide bonds. The van der Waals surface area contributed by atoms with E-state index in [9.17, 15) is 0 Å². The number of hydrogen-bond acceptors (Lipinski definition) is 3. The van der Waals surface area contributed by atoms with Gasteiger partial charge in [-0.2, -0.15) is 0 Å². The molecule has 1 aromatic heterocycles. The van der Waals surface area contributed by atoms with Crippen molar-refractivity contribution in [2.45, 2.75) is 33.2 Å². The van der Waals surface area contributed by atoms with Crippen LogP contribution in [-0.2, 0) is 13.0 Å². The van der Waals surface area contributed by atoms with Gasteiger partial charge in [0, 0.05) is 25.3 Å². The fraction of sp³-hybridized carbons (Fsp3) is 0.533. The van der Waals surface area contributed by atoms with Gasteiger partial charge in [-0.15, -0.1) is 6.58 Å². The number of rotatable bonds is 8. The number of aromatic nitrogens is 1. The average Bonchev–Trinajstić information content (AvgIpc) is 2.38. The largest absolute Gasteiger partial charge is 0.353 e. The highest BCUT2D eigenvalue weighted by Crippen LogP contribution is 2.16. The van der Waals surface area contributed by atoms with Gasteiger partial charge in [0.25, 0.3) is 0 Å². The van der Waals surface area contributed by atoms with Crippen molar-refractivity contribution in [1.82, 2.24) is 10.3 Å². The van der Waals surface area contributed by atoms with Crippen molar-refractivity contribution in [1.29, 1.82) is 0 Å². The first-order chi connectivity index (χ1) is 8.74. The highest BCUT2D eigenvalue weighted by molar-refractivity contribution is 5.43. The van der Waals surface area contributed by atoms with Gasteiger partial charge in [-0.25, -0.2) is 4.98 Å². The second-order valence-corrected chi connectivity index (χ2v) is 4.44. The summed E-state index contributed by atoms with van der Waals surface area (Å²) in [7, 11) is 1.97. The molecule has 0 aliphatic heterocycles. The van der Waals surface area contributed by atoms with Crippen molar-refractivity contribution in [3.05, 3.63) is 36.0 Å². The van der Waals surface area contributed by atoms with Crippen LogP contribution in [0.5, 0.6) is 0 Å². The standard InChI is InChI=1S/C15H25N3/c1-5-8-18(9-6-2)15-11-13(12-16-4)10-14(7-3)17-15/h5,10-11,16H,1,6-9,12H2,2-4H3. The highest BCUT2D eigenvalue weighted by Gasteiger charge is 2.08. The summed E-state index contributed by atoms with van der Waals surface area (Å²) < 4.78 is 0. The Hall–Kier alpha value is -1.35. The molecule has 0 spiro atoms. The molecule has 1 heterocycles. The van der Waals surface area contributed by atoms with Gasteiger partial charge in [-0.1, -0.05) is 19.9 Å². The lowest BCUT2D eigenvalue weighted by atomic mass is 10.2. The number of aryl methyl sites for hydroxylation is 1. The maximum absolute atomic E-state index is 4.72. The van der Waals surface area contributed by atoms with Gasteiger partial charge in [0.15, 0.2) is 0 Å². The molecule has 0 aliphatic carbocycles. The quantitative estimate of drug-likeness (QED) is 0.716. The van der Waals surface area contributed by atoms with Crippen LogP contribution >= 0.6 is 0 Å². The van der Waals surface area contributed by atoms with Crippen LogP contribution in [0.15, 0.2) is 24.8 Å². The van der Waals surface area contributed by atoms with Gasteiger partial charge in [0.1, 0.15) is 5.82 Å². The van der Waals surface area contributed by atoms with E-state index in [1.165, 1.54) is 5.56 Å². The van der Waals surface area contributed by atoms with Crippen LogP contribution < -0.4 is 10.2 Å². The lowest BCUT2D eigenvalue weighted by molar-refractivity contribution is 0.782. The van der Waals surface area contributed by atoms with Crippen LogP contribution in [-0.4, -0.2) is 25.1 Å². The monoisotopic (exact) mass is 247 g/mol. The van der Waals surface area contributed by atoms with E-state index in [4.69, 9.17) is 4.98 Å². The molecule has 0 radical (unpaired) electrons. The Morgan fingerprint density at radius 3 is 2.72 bits per heavy atom. The Morgan fingerprint density at radius 1 is 1.39 bits per heavy atom. The van der Waals surface area contributed by atoms with Crippen LogP contribution in [0.1, 0.15) is 31.5 Å². The molecule has 3 nitrogen and oxygen atoms in total. The molecular formula is C15H25N3. The smallest absolute Gasteiger partial charge is 0.129 e. The second kappa shape index (κ2) is 7.88. The Kier molecular flexibility index (Phi) is 6.44. The van der Waals surface area contributed by atoms with Crippen LogP contribution in [0.25, 0.3) is 0 Å². The third-order valence-corrected chi connectivity index (χ3v) is 2.83. The van der Waals surface area contributed by atoms with Crippen molar-refractivity contribution >= 4 is 5.82 Å². The molecule has 0 aromatic carbocycles. The fourth-order valence-electron chi connectivity index (χ4n) is 2.01. The summed E-state index contributed by atoms with van der Waals surface area (Å²) in [5.74, 6) is 1.07. The molecule has 0 saturated carbocycles.